The summed E-state index contributed by atoms with van der Waals surface area (Å²) < 4.78 is 6.16. The summed E-state index contributed by atoms with van der Waals surface area (Å²) in [5, 5.41) is 14.6. The maximum atomic E-state index is 10.7. The van der Waals surface area contributed by atoms with Crippen molar-refractivity contribution < 1.29 is 14.6 Å². The summed E-state index contributed by atoms with van der Waals surface area (Å²) in [5.41, 5.74) is 1.21. The van der Waals surface area contributed by atoms with E-state index in [1.54, 1.807) is 0 Å². The van der Waals surface area contributed by atoms with Crippen LogP contribution >= 0.6 is 0 Å². The predicted octanol–water partition coefficient (Wildman–Crippen LogP) is 4.33. The molecule has 0 unspecified atom stereocenters. The number of fused-ring (bicyclic) bond motifs is 1. The van der Waals surface area contributed by atoms with Crippen molar-refractivity contribution in [1.82, 2.24) is 10.2 Å². The minimum Gasteiger partial charge on any atom is -0.489 e. The van der Waals surface area contributed by atoms with E-state index in [0.717, 1.165) is 50.0 Å². The molecule has 0 amide bonds. The molecule has 158 valence electrons. The minimum absolute atomic E-state index is 0.235. The molecule has 0 atom stereocenters. The van der Waals surface area contributed by atoms with E-state index in [1.165, 1.54) is 11.0 Å². The number of nitrogens with one attached hydrogen (secondary N) is 1. The average Bonchev–Trinajstić information content (AvgIpc) is 2.70. The molecule has 0 aliphatic heterocycles. The summed E-state index contributed by atoms with van der Waals surface area (Å²) in [7, 11) is 4.17. The molecule has 0 heterocycles. The largest absolute Gasteiger partial charge is 0.489 e. The van der Waals surface area contributed by atoms with Crippen LogP contribution in [0.1, 0.15) is 32.1 Å². The second kappa shape index (κ2) is 13.0. The van der Waals surface area contributed by atoms with Crippen LogP contribution in [0.5, 0.6) is 5.75 Å². The van der Waals surface area contributed by atoms with Gasteiger partial charge in [-0.25, -0.2) is 0 Å². The third-order valence-electron chi connectivity index (χ3n) is 4.75. The maximum absolute atomic E-state index is 10.7. The molecule has 0 aliphatic carbocycles. The number of nitrogens with zero attached hydrogens (tertiary/aromatic N) is 1. The number of carboxylic acids is 1. The van der Waals surface area contributed by atoms with E-state index >= 15 is 0 Å². The van der Waals surface area contributed by atoms with Crippen molar-refractivity contribution in [3.63, 3.8) is 0 Å². The first-order chi connectivity index (χ1) is 14.1. The number of hydrogen-bond donors (Lipinski definition) is 2. The predicted molar refractivity (Wildman–Crippen MR) is 120 cm³/mol. The molecule has 0 radical (unpaired) electrons. The average molecular weight is 399 g/mol. The Bertz CT molecular complexity index is 781. The van der Waals surface area contributed by atoms with Crippen molar-refractivity contribution in [3.05, 3.63) is 54.1 Å². The number of hydrogen-bond acceptors (Lipinski definition) is 4. The number of carboxylic acid groups (broad SMARTS) is 1. The third-order valence-corrected chi connectivity index (χ3v) is 4.75. The Hall–Kier alpha value is -2.37. The molecule has 2 aromatic rings. The van der Waals surface area contributed by atoms with Crippen LogP contribution in [0.25, 0.3) is 10.8 Å². The van der Waals surface area contributed by atoms with E-state index < -0.39 is 5.97 Å². The van der Waals surface area contributed by atoms with Crippen molar-refractivity contribution in [2.45, 2.75) is 32.1 Å². The van der Waals surface area contributed by atoms with Crippen LogP contribution in [0.2, 0.25) is 0 Å². The molecule has 5 heteroatoms. The summed E-state index contributed by atoms with van der Waals surface area (Å²) in [6, 6.07) is 14.4. The number of unbranched alkanes of at least 4 members (excludes halogenated alkanes) is 2. The lowest BCUT2D eigenvalue weighted by Gasteiger charge is -2.14. The van der Waals surface area contributed by atoms with Crippen LogP contribution in [0.15, 0.2) is 54.1 Å². The number of carbonyl (C=O) groups is 1. The summed E-state index contributed by atoms with van der Waals surface area (Å²) >= 11 is 0. The molecule has 5 nitrogen and oxygen atoms in total. The number of aliphatic carboxylic acids is 1. The second-order valence-corrected chi connectivity index (χ2v) is 7.60. The highest BCUT2D eigenvalue weighted by atomic mass is 16.5. The van der Waals surface area contributed by atoms with Crippen molar-refractivity contribution in [2.24, 2.45) is 0 Å². The normalized spacial score (nSPS) is 11.9. The number of benzene rings is 2. The number of rotatable bonds is 14. The highest BCUT2D eigenvalue weighted by molar-refractivity contribution is 5.88. The molecule has 0 aliphatic rings. The molecular formula is C24H34N2O3. The molecule has 0 saturated heterocycles. The molecule has 0 fully saturated rings. The lowest BCUT2D eigenvalue weighted by molar-refractivity contribution is -0.137. The lowest BCUT2D eigenvalue weighted by atomic mass is 10.1. The lowest BCUT2D eigenvalue weighted by Crippen LogP contribution is -2.24. The molecule has 2 N–H and O–H groups in total. The fourth-order valence-corrected chi connectivity index (χ4v) is 3.17. The first kappa shape index (κ1) is 22.9. The smallest absolute Gasteiger partial charge is 0.303 e. The van der Waals surface area contributed by atoms with E-state index in [9.17, 15) is 4.79 Å². The zero-order chi connectivity index (χ0) is 20.9. The quantitative estimate of drug-likeness (QED) is 0.366. The molecule has 0 saturated carbocycles. The van der Waals surface area contributed by atoms with Crippen LogP contribution in [0.4, 0.5) is 0 Å². The Kier molecular flexibility index (Phi) is 10.2. The van der Waals surface area contributed by atoms with Gasteiger partial charge in [-0.3, -0.25) is 4.79 Å². The van der Waals surface area contributed by atoms with Crippen molar-refractivity contribution in [3.8, 4) is 5.75 Å². The first-order valence-electron chi connectivity index (χ1n) is 10.4. The van der Waals surface area contributed by atoms with Gasteiger partial charge in [0.1, 0.15) is 12.4 Å². The van der Waals surface area contributed by atoms with E-state index in [4.69, 9.17) is 9.84 Å². The summed E-state index contributed by atoms with van der Waals surface area (Å²) in [6.45, 7) is 3.35. The van der Waals surface area contributed by atoms with Gasteiger partial charge in [0.05, 0.1) is 0 Å². The SMILES string of the molecule is CN(C)CCCNC/C(=C/CCCCC(=O)O)COc1cccc2ccccc12. The zero-order valence-corrected chi connectivity index (χ0v) is 17.7. The molecule has 29 heavy (non-hydrogen) atoms. The number of allylic oxidation sites excluding steroid dienone is 1. The molecule has 2 aromatic carbocycles. The Morgan fingerprint density at radius 3 is 2.69 bits per heavy atom. The Morgan fingerprint density at radius 1 is 1.10 bits per heavy atom. The van der Waals surface area contributed by atoms with Crippen LogP contribution in [-0.2, 0) is 4.79 Å². The summed E-state index contributed by atoms with van der Waals surface area (Å²) in [6.07, 6.45) is 6.00. The van der Waals surface area contributed by atoms with Crippen LogP contribution < -0.4 is 10.1 Å². The fraction of sp³-hybridized carbons (Fsp3) is 0.458. The molecule has 2 rings (SSSR count). The van der Waals surface area contributed by atoms with Crippen molar-refractivity contribution in [1.29, 1.82) is 0 Å². The molecule has 0 aromatic heterocycles. The summed E-state index contributed by atoms with van der Waals surface area (Å²) in [5.74, 6) is 0.170. The van der Waals surface area contributed by atoms with Gasteiger partial charge >= 0.3 is 5.97 Å². The van der Waals surface area contributed by atoms with Crippen LogP contribution in [0.3, 0.4) is 0 Å². The topological polar surface area (TPSA) is 61.8 Å². The van der Waals surface area contributed by atoms with E-state index in [-0.39, 0.29) is 6.42 Å². The molecular weight excluding hydrogens is 364 g/mol. The van der Waals surface area contributed by atoms with E-state index in [0.29, 0.717) is 13.0 Å². The Balaban J connectivity index is 1.91. The molecule has 0 bridgehead atoms. The van der Waals surface area contributed by atoms with Gasteiger partial charge in [0, 0.05) is 18.4 Å². The van der Waals surface area contributed by atoms with Gasteiger partial charge in [0.2, 0.25) is 0 Å². The first-order valence-corrected chi connectivity index (χ1v) is 10.4. The van der Waals surface area contributed by atoms with Gasteiger partial charge < -0.3 is 20.1 Å². The molecule has 0 spiro atoms. The van der Waals surface area contributed by atoms with Gasteiger partial charge in [0.25, 0.3) is 0 Å². The highest BCUT2D eigenvalue weighted by Crippen LogP contribution is 2.25. The third kappa shape index (κ3) is 9.11. The van der Waals surface area contributed by atoms with E-state index in [2.05, 4.69) is 48.6 Å². The van der Waals surface area contributed by atoms with Gasteiger partial charge in [-0.2, -0.15) is 0 Å². The minimum atomic E-state index is -0.726. The monoisotopic (exact) mass is 398 g/mol. The maximum Gasteiger partial charge on any atom is 0.303 e. The van der Waals surface area contributed by atoms with Crippen LogP contribution in [0, 0.1) is 0 Å². The van der Waals surface area contributed by atoms with Crippen molar-refractivity contribution >= 4 is 16.7 Å². The van der Waals surface area contributed by atoms with Gasteiger partial charge in [-0.05, 0) is 69.9 Å². The standard InChI is InChI=1S/C24H34N2O3/c1-26(2)17-9-16-25-18-20(10-4-3-5-15-24(27)28)19-29-23-14-8-12-21-11-6-7-13-22(21)23/h6-8,10-14,25H,3-5,9,15-19H2,1-2H3,(H,27,28)/b20-10-. The Morgan fingerprint density at radius 2 is 1.90 bits per heavy atom. The second-order valence-electron chi connectivity index (χ2n) is 7.60. The van der Waals surface area contributed by atoms with E-state index in [1.807, 2.05) is 24.3 Å². The van der Waals surface area contributed by atoms with Gasteiger partial charge in [0.15, 0.2) is 0 Å². The summed E-state index contributed by atoms with van der Waals surface area (Å²) in [4.78, 5) is 12.8. The van der Waals surface area contributed by atoms with Crippen molar-refractivity contribution in [2.75, 3.05) is 40.3 Å². The zero-order valence-electron chi connectivity index (χ0n) is 17.7. The van der Waals surface area contributed by atoms with Gasteiger partial charge in [-0.15, -0.1) is 0 Å². The van der Waals surface area contributed by atoms with Gasteiger partial charge in [-0.1, -0.05) is 42.5 Å². The number of ether oxygens (including phenoxy) is 1. The highest BCUT2D eigenvalue weighted by Gasteiger charge is 2.04. The Labute approximate surface area is 174 Å². The fourth-order valence-electron chi connectivity index (χ4n) is 3.17. The van der Waals surface area contributed by atoms with Crippen LogP contribution in [-0.4, -0.2) is 56.3 Å².